The van der Waals surface area contributed by atoms with Crippen molar-refractivity contribution in [2.75, 3.05) is 33.0 Å². The molecule has 0 fully saturated rings. The van der Waals surface area contributed by atoms with Gasteiger partial charge in [-0.05, 0) is 12.7 Å². The summed E-state index contributed by atoms with van der Waals surface area (Å²) in [7, 11) is -1.88. The van der Waals surface area contributed by atoms with E-state index in [1.165, 1.54) is 11.4 Å². The van der Waals surface area contributed by atoms with Gasteiger partial charge in [0.05, 0.1) is 0 Å². The van der Waals surface area contributed by atoms with Crippen LogP contribution in [0, 0.1) is 0 Å². The molecule has 0 aromatic heterocycles. The summed E-state index contributed by atoms with van der Waals surface area (Å²) in [6.45, 7) is 2.72. The maximum Gasteiger partial charge on any atom is 0.279 e. The van der Waals surface area contributed by atoms with Crippen LogP contribution >= 0.6 is 11.8 Å². The second-order valence-corrected chi connectivity index (χ2v) is 6.44. The standard InChI is InChI=1S/C8H20N2O3S2/c1-8(14-3)7-9-15(12,13)10(2)5-4-6-11/h8-9,11H,4-7H2,1-3H3. The van der Waals surface area contributed by atoms with E-state index >= 15 is 0 Å². The van der Waals surface area contributed by atoms with E-state index in [0.717, 1.165) is 0 Å². The van der Waals surface area contributed by atoms with Crippen LogP contribution in [0.25, 0.3) is 0 Å². The summed E-state index contributed by atoms with van der Waals surface area (Å²) in [6, 6.07) is 0. The van der Waals surface area contributed by atoms with E-state index in [1.807, 2.05) is 13.2 Å². The minimum absolute atomic E-state index is 0.00107. The van der Waals surface area contributed by atoms with E-state index in [-0.39, 0.29) is 11.9 Å². The molecule has 7 heteroatoms. The molecule has 0 aliphatic rings. The van der Waals surface area contributed by atoms with Crippen molar-refractivity contribution in [2.45, 2.75) is 18.6 Å². The number of aliphatic hydroxyl groups is 1. The van der Waals surface area contributed by atoms with Gasteiger partial charge in [0.15, 0.2) is 0 Å². The van der Waals surface area contributed by atoms with Crippen molar-refractivity contribution in [3.8, 4) is 0 Å². The lowest BCUT2D eigenvalue weighted by Gasteiger charge is -2.18. The van der Waals surface area contributed by atoms with Crippen LogP contribution in [0.4, 0.5) is 0 Å². The molecule has 0 aromatic carbocycles. The van der Waals surface area contributed by atoms with Crippen LogP contribution < -0.4 is 4.72 Å². The van der Waals surface area contributed by atoms with Crippen molar-refractivity contribution < 1.29 is 13.5 Å². The van der Waals surface area contributed by atoms with Crippen LogP contribution in [0.1, 0.15) is 13.3 Å². The predicted molar refractivity (Wildman–Crippen MR) is 64.2 cm³/mol. The zero-order valence-electron chi connectivity index (χ0n) is 9.43. The highest BCUT2D eigenvalue weighted by molar-refractivity contribution is 7.99. The molecule has 0 heterocycles. The van der Waals surface area contributed by atoms with Crippen molar-refractivity contribution in [1.29, 1.82) is 0 Å². The molecule has 2 N–H and O–H groups in total. The lowest BCUT2D eigenvalue weighted by molar-refractivity contribution is 0.275. The van der Waals surface area contributed by atoms with Crippen LogP contribution in [0.15, 0.2) is 0 Å². The van der Waals surface area contributed by atoms with Crippen LogP contribution in [-0.4, -0.2) is 56.1 Å². The number of nitrogens with zero attached hydrogens (tertiary/aromatic N) is 1. The van der Waals surface area contributed by atoms with Crippen LogP contribution in [-0.2, 0) is 10.2 Å². The van der Waals surface area contributed by atoms with Crippen molar-refractivity contribution in [3.63, 3.8) is 0 Å². The molecule has 0 aliphatic carbocycles. The van der Waals surface area contributed by atoms with Gasteiger partial charge in [0.2, 0.25) is 0 Å². The number of hydrogen-bond acceptors (Lipinski definition) is 4. The summed E-state index contributed by atoms with van der Waals surface area (Å²) < 4.78 is 26.9. The number of thioether (sulfide) groups is 1. The minimum Gasteiger partial charge on any atom is -0.396 e. The molecule has 1 atom stereocenters. The lowest BCUT2D eigenvalue weighted by atomic mass is 10.5. The Morgan fingerprint density at radius 1 is 1.53 bits per heavy atom. The van der Waals surface area contributed by atoms with Gasteiger partial charge in [0, 0.05) is 32.0 Å². The van der Waals surface area contributed by atoms with Gasteiger partial charge in [-0.3, -0.25) is 0 Å². The summed E-state index contributed by atoms with van der Waals surface area (Å²) in [5.74, 6) is 0. The Hall–Kier alpha value is 0.180. The number of rotatable bonds is 8. The maximum absolute atomic E-state index is 11.6. The van der Waals surface area contributed by atoms with Crippen LogP contribution in [0.2, 0.25) is 0 Å². The highest BCUT2D eigenvalue weighted by Crippen LogP contribution is 2.04. The molecule has 92 valence electrons. The summed E-state index contributed by atoms with van der Waals surface area (Å²) in [4.78, 5) is 0. The van der Waals surface area contributed by atoms with E-state index in [1.54, 1.807) is 11.8 Å². The highest BCUT2D eigenvalue weighted by atomic mass is 32.2. The van der Waals surface area contributed by atoms with Gasteiger partial charge < -0.3 is 5.11 Å². The van der Waals surface area contributed by atoms with E-state index in [9.17, 15) is 8.42 Å². The first-order chi connectivity index (χ1) is 6.94. The normalized spacial score (nSPS) is 14.5. The molecule has 15 heavy (non-hydrogen) atoms. The van der Waals surface area contributed by atoms with Crippen molar-refractivity contribution in [2.24, 2.45) is 0 Å². The van der Waals surface area contributed by atoms with Crippen molar-refractivity contribution in [3.05, 3.63) is 0 Å². The molecule has 0 amide bonds. The third-order valence-electron chi connectivity index (χ3n) is 2.00. The number of nitrogens with one attached hydrogen (secondary N) is 1. The average Bonchev–Trinajstić information content (AvgIpc) is 2.22. The van der Waals surface area contributed by atoms with Crippen molar-refractivity contribution in [1.82, 2.24) is 9.03 Å². The molecule has 0 bridgehead atoms. The first-order valence-corrected chi connectivity index (χ1v) is 7.51. The molecule has 0 radical (unpaired) electrons. The fourth-order valence-corrected chi connectivity index (χ4v) is 2.24. The average molecular weight is 256 g/mol. The lowest BCUT2D eigenvalue weighted by Crippen LogP contribution is -2.41. The topological polar surface area (TPSA) is 69.6 Å². The van der Waals surface area contributed by atoms with Gasteiger partial charge in [-0.25, -0.2) is 4.72 Å². The third-order valence-corrected chi connectivity index (χ3v) is 4.50. The maximum atomic E-state index is 11.6. The van der Waals surface area contributed by atoms with Gasteiger partial charge in [-0.1, -0.05) is 6.92 Å². The molecular formula is C8H20N2O3S2. The molecule has 1 unspecified atom stereocenters. The fraction of sp³-hybridized carbons (Fsp3) is 1.00. The van der Waals surface area contributed by atoms with Crippen molar-refractivity contribution >= 4 is 22.0 Å². The van der Waals surface area contributed by atoms with Gasteiger partial charge in [0.1, 0.15) is 0 Å². The molecule has 0 aliphatic heterocycles. The van der Waals surface area contributed by atoms with E-state index < -0.39 is 10.2 Å². The SMILES string of the molecule is CSC(C)CNS(=O)(=O)N(C)CCCO. The van der Waals surface area contributed by atoms with Gasteiger partial charge in [-0.2, -0.15) is 24.5 Å². The summed E-state index contributed by atoms with van der Waals surface area (Å²) in [5.41, 5.74) is 0. The second kappa shape index (κ2) is 7.45. The second-order valence-electron chi connectivity index (χ2n) is 3.30. The Kier molecular flexibility index (Phi) is 7.54. The first-order valence-electron chi connectivity index (χ1n) is 4.78. The monoisotopic (exact) mass is 256 g/mol. The zero-order chi connectivity index (χ0) is 11.9. The Balaban J connectivity index is 4.05. The number of aliphatic hydroxyl groups excluding tert-OH is 1. The Bertz CT molecular complexity index is 257. The Morgan fingerprint density at radius 3 is 2.60 bits per heavy atom. The number of hydrogen-bond donors (Lipinski definition) is 2. The molecule has 0 saturated heterocycles. The molecule has 0 rings (SSSR count). The Morgan fingerprint density at radius 2 is 2.13 bits per heavy atom. The quantitative estimate of drug-likeness (QED) is 0.635. The molecule has 0 saturated carbocycles. The molecule has 5 nitrogen and oxygen atoms in total. The zero-order valence-corrected chi connectivity index (χ0v) is 11.1. The van der Waals surface area contributed by atoms with Gasteiger partial charge in [-0.15, -0.1) is 0 Å². The first kappa shape index (κ1) is 15.2. The summed E-state index contributed by atoms with van der Waals surface area (Å²) in [5, 5.41) is 8.85. The third kappa shape index (κ3) is 6.36. The van der Waals surface area contributed by atoms with E-state index in [4.69, 9.17) is 5.11 Å². The Labute approximate surface area is 96.4 Å². The minimum atomic E-state index is -3.38. The fourth-order valence-electron chi connectivity index (χ4n) is 0.830. The largest absolute Gasteiger partial charge is 0.396 e. The van der Waals surface area contributed by atoms with E-state index in [2.05, 4.69) is 4.72 Å². The van der Waals surface area contributed by atoms with Gasteiger partial charge >= 0.3 is 0 Å². The summed E-state index contributed by atoms with van der Waals surface area (Å²) >= 11 is 1.61. The van der Waals surface area contributed by atoms with E-state index in [0.29, 0.717) is 19.5 Å². The highest BCUT2D eigenvalue weighted by Gasteiger charge is 2.17. The van der Waals surface area contributed by atoms with Gasteiger partial charge in [0.25, 0.3) is 10.2 Å². The molecule has 0 aromatic rings. The smallest absolute Gasteiger partial charge is 0.279 e. The molecular weight excluding hydrogens is 236 g/mol. The predicted octanol–water partition coefficient (Wildman–Crippen LogP) is -0.113. The molecule has 0 spiro atoms. The van der Waals surface area contributed by atoms with Crippen LogP contribution in [0.3, 0.4) is 0 Å². The van der Waals surface area contributed by atoms with Crippen LogP contribution in [0.5, 0.6) is 0 Å². The summed E-state index contributed by atoms with van der Waals surface area (Å²) in [6.07, 6.45) is 2.39.